The normalized spacial score (nSPS) is 13.5. The first-order chi connectivity index (χ1) is 9.68. The van der Waals surface area contributed by atoms with Gasteiger partial charge in [0.15, 0.2) is 0 Å². The zero-order chi connectivity index (χ0) is 15.8. The van der Waals surface area contributed by atoms with Crippen LogP contribution in [0.1, 0.15) is 37.8 Å². The molecule has 0 aliphatic rings. The van der Waals surface area contributed by atoms with E-state index in [1.54, 1.807) is 0 Å². The molecule has 2 N–H and O–H groups in total. The molecule has 1 unspecified atom stereocenters. The number of halogens is 1. The lowest BCUT2D eigenvalue weighted by molar-refractivity contribution is 0.286. The number of benzene rings is 1. The number of rotatable bonds is 3. The lowest BCUT2D eigenvalue weighted by atomic mass is 9.85. The zero-order valence-corrected chi connectivity index (χ0v) is 14.8. The summed E-state index contributed by atoms with van der Waals surface area (Å²) in [5.74, 6) is 1.20. The molecule has 4 nitrogen and oxygen atoms in total. The molecule has 0 saturated carbocycles. The minimum absolute atomic E-state index is 0.0133. The van der Waals surface area contributed by atoms with E-state index in [0.29, 0.717) is 18.1 Å². The summed E-state index contributed by atoms with van der Waals surface area (Å²) in [4.78, 5) is 4.47. The molecule has 0 aliphatic heterocycles. The van der Waals surface area contributed by atoms with Crippen molar-refractivity contribution in [2.24, 2.45) is 11.1 Å². The molecule has 21 heavy (non-hydrogen) atoms. The van der Waals surface area contributed by atoms with Crippen LogP contribution in [0.5, 0.6) is 0 Å². The average Bonchev–Trinajstić information content (AvgIpc) is 2.82. The highest BCUT2D eigenvalue weighted by molar-refractivity contribution is 9.10. The maximum atomic E-state index is 6.16. The standard InChI is InChI=1S/C16H22BrN3O/c1-9-6-11(7-10(2)14(9)17)15-19-13(21-20-15)8-12(18)16(3,4)5/h6-7,12H,8,18H2,1-5H3. The highest BCUT2D eigenvalue weighted by Gasteiger charge is 2.23. The van der Waals surface area contributed by atoms with Crippen LogP contribution in [0.3, 0.4) is 0 Å². The Balaban J connectivity index is 2.24. The fraction of sp³-hybridized carbons (Fsp3) is 0.500. The van der Waals surface area contributed by atoms with E-state index in [-0.39, 0.29) is 11.5 Å². The van der Waals surface area contributed by atoms with Gasteiger partial charge in [0.2, 0.25) is 11.7 Å². The lowest BCUT2D eigenvalue weighted by Gasteiger charge is -2.25. The molecule has 0 aliphatic carbocycles. The molecule has 1 aromatic heterocycles. The van der Waals surface area contributed by atoms with Crippen molar-refractivity contribution in [1.82, 2.24) is 10.1 Å². The second kappa shape index (κ2) is 5.89. The molecule has 5 heteroatoms. The van der Waals surface area contributed by atoms with E-state index in [4.69, 9.17) is 10.3 Å². The van der Waals surface area contributed by atoms with Gasteiger partial charge >= 0.3 is 0 Å². The van der Waals surface area contributed by atoms with Gasteiger partial charge in [0.25, 0.3) is 0 Å². The number of nitrogens with zero attached hydrogens (tertiary/aromatic N) is 2. The Hall–Kier alpha value is -1.20. The summed E-state index contributed by atoms with van der Waals surface area (Å²) in [7, 11) is 0. The smallest absolute Gasteiger partial charge is 0.228 e. The third kappa shape index (κ3) is 3.71. The first kappa shape index (κ1) is 16.2. The van der Waals surface area contributed by atoms with Gasteiger partial charge in [-0.25, -0.2) is 0 Å². The van der Waals surface area contributed by atoms with E-state index in [9.17, 15) is 0 Å². The molecule has 1 aromatic carbocycles. The summed E-state index contributed by atoms with van der Waals surface area (Å²) in [6.45, 7) is 10.4. The van der Waals surface area contributed by atoms with Crippen LogP contribution in [0.15, 0.2) is 21.1 Å². The monoisotopic (exact) mass is 351 g/mol. The van der Waals surface area contributed by atoms with Gasteiger partial charge in [0.1, 0.15) is 0 Å². The SMILES string of the molecule is Cc1cc(-c2noc(CC(N)C(C)(C)C)n2)cc(C)c1Br. The van der Waals surface area contributed by atoms with E-state index < -0.39 is 0 Å². The zero-order valence-electron chi connectivity index (χ0n) is 13.2. The second-order valence-corrected chi connectivity index (χ2v) is 7.41. The molecule has 0 amide bonds. The third-order valence-electron chi connectivity index (χ3n) is 3.67. The molecule has 114 valence electrons. The maximum absolute atomic E-state index is 6.16. The Morgan fingerprint density at radius 2 is 1.81 bits per heavy atom. The maximum Gasteiger partial charge on any atom is 0.228 e. The summed E-state index contributed by atoms with van der Waals surface area (Å²) in [5, 5.41) is 4.08. The Labute approximate surface area is 134 Å². The van der Waals surface area contributed by atoms with E-state index in [1.807, 2.05) is 0 Å². The largest absolute Gasteiger partial charge is 0.339 e. The minimum Gasteiger partial charge on any atom is -0.339 e. The Bertz CT molecular complexity index is 620. The first-order valence-electron chi connectivity index (χ1n) is 7.04. The minimum atomic E-state index is -0.0146. The topological polar surface area (TPSA) is 64.9 Å². The van der Waals surface area contributed by atoms with Crippen LogP contribution in [0, 0.1) is 19.3 Å². The van der Waals surface area contributed by atoms with Crippen molar-refractivity contribution in [3.05, 3.63) is 33.6 Å². The van der Waals surface area contributed by atoms with Gasteiger partial charge in [-0.05, 0) is 42.5 Å². The van der Waals surface area contributed by atoms with Crippen molar-refractivity contribution in [1.29, 1.82) is 0 Å². The van der Waals surface area contributed by atoms with Crippen LogP contribution < -0.4 is 5.73 Å². The van der Waals surface area contributed by atoms with Crippen molar-refractivity contribution in [3.63, 3.8) is 0 Å². The molecule has 0 saturated heterocycles. The number of hydrogen-bond acceptors (Lipinski definition) is 4. The lowest BCUT2D eigenvalue weighted by Crippen LogP contribution is -2.36. The van der Waals surface area contributed by atoms with Crippen molar-refractivity contribution in [2.75, 3.05) is 0 Å². The molecular weight excluding hydrogens is 330 g/mol. The molecular formula is C16H22BrN3O. The molecule has 0 bridgehead atoms. The molecule has 1 atom stereocenters. The van der Waals surface area contributed by atoms with E-state index >= 15 is 0 Å². The van der Waals surface area contributed by atoms with Gasteiger partial charge in [0, 0.05) is 22.5 Å². The predicted molar refractivity (Wildman–Crippen MR) is 88.0 cm³/mol. The van der Waals surface area contributed by atoms with Gasteiger partial charge in [-0.1, -0.05) is 41.9 Å². The first-order valence-corrected chi connectivity index (χ1v) is 7.83. The molecule has 0 spiro atoms. The van der Waals surface area contributed by atoms with Crippen molar-refractivity contribution >= 4 is 15.9 Å². The van der Waals surface area contributed by atoms with Crippen LogP contribution in [0.2, 0.25) is 0 Å². The third-order valence-corrected chi connectivity index (χ3v) is 4.92. The second-order valence-electron chi connectivity index (χ2n) is 6.61. The quantitative estimate of drug-likeness (QED) is 0.906. The molecule has 2 aromatic rings. The summed E-state index contributed by atoms with van der Waals surface area (Å²) in [5.41, 5.74) is 9.45. The molecule has 0 radical (unpaired) electrons. The molecule has 0 fully saturated rings. The van der Waals surface area contributed by atoms with Crippen molar-refractivity contribution in [2.45, 2.75) is 47.1 Å². The van der Waals surface area contributed by atoms with Crippen LogP contribution >= 0.6 is 15.9 Å². The van der Waals surface area contributed by atoms with Gasteiger partial charge in [-0.3, -0.25) is 0 Å². The van der Waals surface area contributed by atoms with E-state index in [2.05, 4.69) is 72.8 Å². The molecule has 2 rings (SSSR count). The highest BCUT2D eigenvalue weighted by Crippen LogP contribution is 2.27. The number of aryl methyl sites for hydroxylation is 2. The van der Waals surface area contributed by atoms with Gasteiger partial charge in [-0.15, -0.1) is 0 Å². The van der Waals surface area contributed by atoms with E-state index in [1.165, 1.54) is 0 Å². The summed E-state index contributed by atoms with van der Waals surface area (Å²) < 4.78 is 6.46. The van der Waals surface area contributed by atoms with Gasteiger partial charge < -0.3 is 10.3 Å². The Morgan fingerprint density at radius 3 is 2.33 bits per heavy atom. The fourth-order valence-corrected chi connectivity index (χ4v) is 2.25. The van der Waals surface area contributed by atoms with Crippen molar-refractivity contribution in [3.8, 4) is 11.4 Å². The summed E-state index contributed by atoms with van der Waals surface area (Å²) >= 11 is 3.56. The number of nitrogens with two attached hydrogens (primary N) is 1. The number of aromatic nitrogens is 2. The average molecular weight is 352 g/mol. The van der Waals surface area contributed by atoms with Crippen molar-refractivity contribution < 1.29 is 4.52 Å². The van der Waals surface area contributed by atoms with Crippen LogP contribution in [-0.2, 0) is 6.42 Å². The van der Waals surface area contributed by atoms with E-state index in [0.717, 1.165) is 21.2 Å². The summed E-state index contributed by atoms with van der Waals surface area (Å²) in [6.07, 6.45) is 0.588. The van der Waals surface area contributed by atoms with Crippen LogP contribution in [0.25, 0.3) is 11.4 Å². The van der Waals surface area contributed by atoms with Crippen LogP contribution in [-0.4, -0.2) is 16.2 Å². The molecule has 1 heterocycles. The van der Waals surface area contributed by atoms with Gasteiger partial charge in [-0.2, -0.15) is 4.98 Å². The van der Waals surface area contributed by atoms with Crippen LogP contribution in [0.4, 0.5) is 0 Å². The Kier molecular flexibility index (Phi) is 4.54. The number of hydrogen-bond donors (Lipinski definition) is 1. The van der Waals surface area contributed by atoms with Gasteiger partial charge in [0.05, 0.1) is 0 Å². The predicted octanol–water partition coefficient (Wildman–Crippen LogP) is 4.03. The Morgan fingerprint density at radius 1 is 1.24 bits per heavy atom. The highest BCUT2D eigenvalue weighted by atomic mass is 79.9. The summed E-state index contributed by atoms with van der Waals surface area (Å²) in [6, 6.07) is 4.09. The fourth-order valence-electron chi connectivity index (χ4n) is 2.02.